The lowest BCUT2D eigenvalue weighted by Crippen LogP contribution is -2.37. The van der Waals surface area contributed by atoms with Crippen molar-refractivity contribution in [3.63, 3.8) is 0 Å². The molecular weight excluding hydrogens is 266 g/mol. The van der Waals surface area contributed by atoms with Gasteiger partial charge in [0.15, 0.2) is 0 Å². The van der Waals surface area contributed by atoms with Gasteiger partial charge in [-0.2, -0.15) is 0 Å². The molecule has 1 aromatic carbocycles. The van der Waals surface area contributed by atoms with Crippen molar-refractivity contribution < 1.29 is 14.6 Å². The molecule has 4 heteroatoms. The van der Waals surface area contributed by atoms with Crippen molar-refractivity contribution in [1.29, 1.82) is 0 Å². The third-order valence-electron chi connectivity index (χ3n) is 3.52. The van der Waals surface area contributed by atoms with E-state index < -0.39 is 6.29 Å². The molecular formula is C17H23NO3. The highest BCUT2D eigenvalue weighted by Gasteiger charge is 2.09. The van der Waals surface area contributed by atoms with Crippen LogP contribution in [0, 0.1) is 11.8 Å². The van der Waals surface area contributed by atoms with Crippen LogP contribution in [0.1, 0.15) is 18.1 Å². The highest BCUT2D eigenvalue weighted by atomic mass is 16.6. The van der Waals surface area contributed by atoms with Gasteiger partial charge in [0.1, 0.15) is 0 Å². The Morgan fingerprint density at radius 3 is 2.57 bits per heavy atom. The molecule has 1 heterocycles. The van der Waals surface area contributed by atoms with E-state index in [1.165, 1.54) is 5.56 Å². The molecule has 1 N–H and O–H groups in total. The Hall–Kier alpha value is -1.38. The molecule has 1 aromatic rings. The lowest BCUT2D eigenvalue weighted by Gasteiger charge is -2.26. The number of hydrogen-bond donors (Lipinski definition) is 1. The van der Waals surface area contributed by atoms with Crippen molar-refractivity contribution in [2.45, 2.75) is 26.2 Å². The van der Waals surface area contributed by atoms with Gasteiger partial charge < -0.3 is 14.6 Å². The summed E-state index contributed by atoms with van der Waals surface area (Å²) >= 11 is 0. The molecule has 114 valence electrons. The molecule has 1 fully saturated rings. The van der Waals surface area contributed by atoms with Gasteiger partial charge in [-0.15, -0.1) is 5.92 Å². The van der Waals surface area contributed by atoms with Gasteiger partial charge in [-0.25, -0.2) is 0 Å². The highest BCUT2D eigenvalue weighted by Crippen LogP contribution is 2.08. The maximum Gasteiger partial charge on any atom is 0.220 e. The topological polar surface area (TPSA) is 41.9 Å². The maximum absolute atomic E-state index is 9.38. The van der Waals surface area contributed by atoms with E-state index in [0.29, 0.717) is 6.61 Å². The van der Waals surface area contributed by atoms with Crippen LogP contribution in [0.25, 0.3) is 0 Å². The van der Waals surface area contributed by atoms with E-state index in [1.54, 1.807) is 6.92 Å². The average Bonchev–Trinajstić information content (AvgIpc) is 2.53. The van der Waals surface area contributed by atoms with Crippen LogP contribution in [-0.2, 0) is 22.5 Å². The van der Waals surface area contributed by atoms with Gasteiger partial charge in [0.05, 0.1) is 19.8 Å². The Bertz CT molecular complexity index is 469. The van der Waals surface area contributed by atoms with Gasteiger partial charge >= 0.3 is 0 Å². The zero-order valence-electron chi connectivity index (χ0n) is 12.5. The van der Waals surface area contributed by atoms with E-state index in [2.05, 4.69) is 28.9 Å². The largest absolute Gasteiger partial charge is 0.379 e. The van der Waals surface area contributed by atoms with Crippen molar-refractivity contribution in [3.05, 3.63) is 35.4 Å². The third kappa shape index (κ3) is 5.86. The Labute approximate surface area is 126 Å². The SMILES string of the molecule is CC#CC(O)OCc1ccc(CCN2CCOCC2)cc1. The summed E-state index contributed by atoms with van der Waals surface area (Å²) in [6.45, 7) is 6.88. The fourth-order valence-electron chi connectivity index (χ4n) is 2.25. The number of rotatable bonds is 6. The molecule has 0 spiro atoms. The highest BCUT2D eigenvalue weighted by molar-refractivity contribution is 5.22. The quantitative estimate of drug-likeness (QED) is 0.635. The molecule has 21 heavy (non-hydrogen) atoms. The van der Waals surface area contributed by atoms with Gasteiger partial charge in [-0.1, -0.05) is 24.3 Å². The van der Waals surface area contributed by atoms with E-state index in [0.717, 1.165) is 44.8 Å². The minimum Gasteiger partial charge on any atom is -0.379 e. The van der Waals surface area contributed by atoms with E-state index in [9.17, 15) is 5.11 Å². The molecule has 0 amide bonds. The number of hydrogen-bond acceptors (Lipinski definition) is 4. The fraction of sp³-hybridized carbons (Fsp3) is 0.529. The Morgan fingerprint density at radius 1 is 1.24 bits per heavy atom. The summed E-state index contributed by atoms with van der Waals surface area (Å²) in [7, 11) is 0. The standard InChI is InChI=1S/C17H23NO3/c1-2-3-17(19)21-14-16-6-4-15(5-7-16)8-9-18-10-12-20-13-11-18/h4-7,17,19H,8-14H2,1H3. The van der Waals surface area contributed by atoms with Crippen LogP contribution in [-0.4, -0.2) is 49.1 Å². The van der Waals surface area contributed by atoms with Crippen LogP contribution >= 0.6 is 0 Å². The fourth-order valence-corrected chi connectivity index (χ4v) is 2.25. The molecule has 0 bridgehead atoms. The average molecular weight is 289 g/mol. The van der Waals surface area contributed by atoms with E-state index in [-0.39, 0.29) is 0 Å². The lowest BCUT2D eigenvalue weighted by molar-refractivity contribution is -0.0664. The molecule has 1 saturated heterocycles. The summed E-state index contributed by atoms with van der Waals surface area (Å²) in [5.74, 6) is 5.17. The van der Waals surface area contributed by atoms with E-state index in [4.69, 9.17) is 9.47 Å². The second-order valence-electron chi connectivity index (χ2n) is 5.08. The number of benzene rings is 1. The van der Waals surface area contributed by atoms with Gasteiger partial charge in [-0.05, 0) is 30.4 Å². The molecule has 0 radical (unpaired) electrons. The smallest absolute Gasteiger partial charge is 0.220 e. The van der Waals surface area contributed by atoms with Crippen LogP contribution in [0.2, 0.25) is 0 Å². The second-order valence-corrected chi connectivity index (χ2v) is 5.08. The summed E-state index contributed by atoms with van der Waals surface area (Å²) in [6.07, 6.45) is 0.0430. The Kier molecular flexibility index (Phi) is 6.71. The summed E-state index contributed by atoms with van der Waals surface area (Å²) in [5.41, 5.74) is 2.36. The van der Waals surface area contributed by atoms with Crippen molar-refractivity contribution in [1.82, 2.24) is 4.90 Å². The molecule has 2 rings (SSSR count). The summed E-state index contributed by atoms with van der Waals surface area (Å²) in [4.78, 5) is 2.43. The molecule has 0 aromatic heterocycles. The molecule has 4 nitrogen and oxygen atoms in total. The first-order valence-corrected chi connectivity index (χ1v) is 7.38. The normalized spacial score (nSPS) is 17.0. The lowest BCUT2D eigenvalue weighted by atomic mass is 10.1. The number of nitrogens with zero attached hydrogens (tertiary/aromatic N) is 1. The number of ether oxygens (including phenoxy) is 2. The van der Waals surface area contributed by atoms with Gasteiger partial charge in [0.2, 0.25) is 6.29 Å². The van der Waals surface area contributed by atoms with Crippen LogP contribution in [0.15, 0.2) is 24.3 Å². The monoisotopic (exact) mass is 289 g/mol. The van der Waals surface area contributed by atoms with Crippen LogP contribution in [0.4, 0.5) is 0 Å². The minimum absolute atomic E-state index is 0.375. The van der Waals surface area contributed by atoms with Crippen molar-refractivity contribution in [3.8, 4) is 11.8 Å². The van der Waals surface area contributed by atoms with Crippen molar-refractivity contribution >= 4 is 0 Å². The minimum atomic E-state index is -1.00. The first-order chi connectivity index (χ1) is 10.3. The summed E-state index contributed by atoms with van der Waals surface area (Å²) in [5, 5.41) is 9.38. The van der Waals surface area contributed by atoms with Crippen LogP contribution in [0.5, 0.6) is 0 Å². The van der Waals surface area contributed by atoms with E-state index >= 15 is 0 Å². The van der Waals surface area contributed by atoms with Crippen molar-refractivity contribution in [2.24, 2.45) is 0 Å². The Morgan fingerprint density at radius 2 is 1.90 bits per heavy atom. The first-order valence-electron chi connectivity index (χ1n) is 7.38. The predicted octanol–water partition coefficient (Wildman–Crippen LogP) is 1.42. The van der Waals surface area contributed by atoms with Gasteiger partial charge in [-0.3, -0.25) is 4.90 Å². The molecule has 0 saturated carbocycles. The Balaban J connectivity index is 1.74. The maximum atomic E-state index is 9.38. The second kappa shape index (κ2) is 8.81. The molecule has 1 aliphatic rings. The van der Waals surface area contributed by atoms with Gasteiger partial charge in [0, 0.05) is 19.6 Å². The zero-order valence-corrected chi connectivity index (χ0v) is 12.5. The molecule has 0 aliphatic carbocycles. The number of morpholine rings is 1. The van der Waals surface area contributed by atoms with Crippen LogP contribution < -0.4 is 0 Å². The third-order valence-corrected chi connectivity index (χ3v) is 3.52. The zero-order chi connectivity index (χ0) is 14.9. The predicted molar refractivity (Wildman–Crippen MR) is 81.7 cm³/mol. The summed E-state index contributed by atoms with van der Waals surface area (Å²) in [6, 6.07) is 8.33. The summed E-state index contributed by atoms with van der Waals surface area (Å²) < 4.78 is 10.6. The van der Waals surface area contributed by atoms with Crippen molar-refractivity contribution in [2.75, 3.05) is 32.8 Å². The molecule has 1 atom stereocenters. The first kappa shape index (κ1) is 16.0. The van der Waals surface area contributed by atoms with E-state index in [1.807, 2.05) is 12.1 Å². The van der Waals surface area contributed by atoms with Crippen LogP contribution in [0.3, 0.4) is 0 Å². The molecule has 1 aliphatic heterocycles. The number of aliphatic hydroxyl groups excluding tert-OH is 1. The molecule has 1 unspecified atom stereocenters. The van der Waals surface area contributed by atoms with Gasteiger partial charge in [0.25, 0.3) is 0 Å². The number of aliphatic hydroxyl groups is 1.